The van der Waals surface area contributed by atoms with E-state index < -0.39 is 10.0 Å². The first-order valence-corrected chi connectivity index (χ1v) is 8.73. The van der Waals surface area contributed by atoms with Gasteiger partial charge >= 0.3 is 0 Å². The fourth-order valence-electron chi connectivity index (χ4n) is 2.86. The van der Waals surface area contributed by atoms with Gasteiger partial charge in [0.05, 0.1) is 4.90 Å². The lowest BCUT2D eigenvalue weighted by Crippen LogP contribution is -2.44. The zero-order valence-electron chi connectivity index (χ0n) is 12.3. The summed E-state index contributed by atoms with van der Waals surface area (Å²) in [7, 11) is -1.46. The molecule has 1 saturated heterocycles. The van der Waals surface area contributed by atoms with Gasteiger partial charge < -0.3 is 5.32 Å². The van der Waals surface area contributed by atoms with E-state index in [-0.39, 0.29) is 6.04 Å². The molecule has 1 fully saturated rings. The topological polar surface area (TPSA) is 49.4 Å². The fraction of sp³-hybridized carbons (Fsp3) is 0.600. The van der Waals surface area contributed by atoms with Gasteiger partial charge in [-0.1, -0.05) is 24.6 Å². The summed E-state index contributed by atoms with van der Waals surface area (Å²) in [5.74, 6) is 0. The molecule has 112 valence electrons. The maximum absolute atomic E-state index is 12.9. The van der Waals surface area contributed by atoms with Gasteiger partial charge in [-0.25, -0.2) is 8.42 Å². The van der Waals surface area contributed by atoms with Gasteiger partial charge in [-0.15, -0.1) is 0 Å². The van der Waals surface area contributed by atoms with Crippen molar-refractivity contribution in [1.29, 1.82) is 0 Å². The van der Waals surface area contributed by atoms with E-state index in [1.807, 2.05) is 26.1 Å². The minimum absolute atomic E-state index is 0.126. The van der Waals surface area contributed by atoms with E-state index in [0.717, 1.165) is 37.8 Å². The van der Waals surface area contributed by atoms with Crippen LogP contribution in [-0.4, -0.2) is 38.9 Å². The highest BCUT2D eigenvalue weighted by Crippen LogP contribution is 2.28. The van der Waals surface area contributed by atoms with E-state index in [1.54, 1.807) is 16.4 Å². The molecule has 1 heterocycles. The lowest BCUT2D eigenvalue weighted by atomic mass is 10.0. The molecule has 1 atom stereocenters. The second kappa shape index (κ2) is 6.70. The Morgan fingerprint density at radius 3 is 2.75 bits per heavy atom. The number of benzene rings is 1. The second-order valence-electron chi connectivity index (χ2n) is 5.42. The molecular weight excluding hydrogens is 272 g/mol. The van der Waals surface area contributed by atoms with Crippen LogP contribution < -0.4 is 5.32 Å². The number of hydrogen-bond acceptors (Lipinski definition) is 3. The molecule has 0 bridgehead atoms. The third kappa shape index (κ3) is 3.22. The Labute approximate surface area is 122 Å². The average Bonchev–Trinajstić information content (AvgIpc) is 2.45. The Hall–Kier alpha value is -0.910. The fourth-order valence-corrected chi connectivity index (χ4v) is 4.81. The summed E-state index contributed by atoms with van der Waals surface area (Å²) in [4.78, 5) is 0.455. The normalized spacial score (nSPS) is 21.0. The molecule has 20 heavy (non-hydrogen) atoms. The van der Waals surface area contributed by atoms with E-state index >= 15 is 0 Å². The molecule has 0 saturated carbocycles. The Kier molecular flexibility index (Phi) is 5.18. The van der Waals surface area contributed by atoms with E-state index in [4.69, 9.17) is 0 Å². The first-order chi connectivity index (χ1) is 9.57. The Bertz CT molecular complexity index is 543. The van der Waals surface area contributed by atoms with Crippen molar-refractivity contribution >= 4 is 10.0 Å². The average molecular weight is 296 g/mol. The third-order valence-electron chi connectivity index (χ3n) is 3.98. The number of sulfonamides is 1. The van der Waals surface area contributed by atoms with Crippen molar-refractivity contribution < 1.29 is 8.42 Å². The van der Waals surface area contributed by atoms with Crippen LogP contribution in [0.2, 0.25) is 0 Å². The molecule has 1 aromatic rings. The van der Waals surface area contributed by atoms with Crippen molar-refractivity contribution in [2.45, 2.75) is 43.5 Å². The summed E-state index contributed by atoms with van der Waals surface area (Å²) in [6.07, 6.45) is 3.92. The van der Waals surface area contributed by atoms with Crippen LogP contribution >= 0.6 is 0 Å². The Balaban J connectivity index is 2.28. The molecule has 0 radical (unpaired) electrons. The number of rotatable bonds is 5. The zero-order chi connectivity index (χ0) is 14.6. The van der Waals surface area contributed by atoms with Crippen LogP contribution in [0.3, 0.4) is 0 Å². The molecule has 1 aliphatic rings. The molecule has 2 rings (SSSR count). The van der Waals surface area contributed by atoms with E-state index in [1.165, 1.54) is 0 Å². The number of hydrogen-bond donors (Lipinski definition) is 1. The van der Waals surface area contributed by atoms with Gasteiger partial charge in [-0.05, 0) is 51.4 Å². The van der Waals surface area contributed by atoms with Crippen molar-refractivity contribution in [2.24, 2.45) is 0 Å². The lowest BCUT2D eigenvalue weighted by molar-refractivity contribution is 0.240. The lowest BCUT2D eigenvalue weighted by Gasteiger charge is -2.35. The first-order valence-electron chi connectivity index (χ1n) is 7.29. The summed E-state index contributed by atoms with van der Waals surface area (Å²) in [5.41, 5.74) is 0.824. The molecular formula is C15H24N2O2S. The summed E-state index contributed by atoms with van der Waals surface area (Å²) >= 11 is 0. The zero-order valence-corrected chi connectivity index (χ0v) is 13.1. The smallest absolute Gasteiger partial charge is 0.243 e. The number of aryl methyl sites for hydroxylation is 1. The molecule has 1 N–H and O–H groups in total. The van der Waals surface area contributed by atoms with E-state index in [9.17, 15) is 8.42 Å². The standard InChI is InChI=1S/C15H24N2O2S/c1-13-7-3-4-9-15(13)20(18,19)17-12-6-5-8-14(17)10-11-16-2/h3-4,7,9,14,16H,5-6,8,10-12H2,1-2H3. The highest BCUT2D eigenvalue weighted by molar-refractivity contribution is 7.89. The second-order valence-corrected chi connectivity index (χ2v) is 7.28. The van der Waals surface area contributed by atoms with Crippen LogP contribution in [0.15, 0.2) is 29.2 Å². The largest absolute Gasteiger partial charge is 0.320 e. The summed E-state index contributed by atoms with van der Waals surface area (Å²) in [6.45, 7) is 3.36. The summed E-state index contributed by atoms with van der Waals surface area (Å²) in [5, 5.41) is 3.12. The number of piperidine rings is 1. The van der Waals surface area contributed by atoms with Gasteiger partial charge in [0.15, 0.2) is 0 Å². The molecule has 0 aromatic heterocycles. The van der Waals surface area contributed by atoms with E-state index in [0.29, 0.717) is 11.4 Å². The highest BCUT2D eigenvalue weighted by atomic mass is 32.2. The van der Waals surface area contributed by atoms with Gasteiger partial charge in [-0.2, -0.15) is 4.31 Å². The SMILES string of the molecule is CNCCC1CCCCN1S(=O)(=O)c1ccccc1C. The molecule has 0 amide bonds. The highest BCUT2D eigenvalue weighted by Gasteiger charge is 2.33. The van der Waals surface area contributed by atoms with Gasteiger partial charge in [-0.3, -0.25) is 0 Å². The minimum atomic E-state index is -3.37. The van der Waals surface area contributed by atoms with Crippen LogP contribution in [0.5, 0.6) is 0 Å². The van der Waals surface area contributed by atoms with Crippen molar-refractivity contribution in [1.82, 2.24) is 9.62 Å². The molecule has 0 aliphatic carbocycles. The summed E-state index contributed by atoms with van der Waals surface area (Å²) in [6, 6.07) is 7.38. The maximum Gasteiger partial charge on any atom is 0.243 e. The number of nitrogens with one attached hydrogen (secondary N) is 1. The van der Waals surface area contributed by atoms with Gasteiger partial charge in [0, 0.05) is 12.6 Å². The van der Waals surface area contributed by atoms with Crippen molar-refractivity contribution in [2.75, 3.05) is 20.1 Å². The Morgan fingerprint density at radius 2 is 2.05 bits per heavy atom. The minimum Gasteiger partial charge on any atom is -0.320 e. The molecule has 0 spiro atoms. The maximum atomic E-state index is 12.9. The van der Waals surface area contributed by atoms with Crippen molar-refractivity contribution in [3.8, 4) is 0 Å². The molecule has 1 aromatic carbocycles. The van der Waals surface area contributed by atoms with Crippen LogP contribution in [0.1, 0.15) is 31.2 Å². The molecule has 1 unspecified atom stereocenters. The van der Waals surface area contributed by atoms with Gasteiger partial charge in [0.1, 0.15) is 0 Å². The van der Waals surface area contributed by atoms with Gasteiger partial charge in [0.25, 0.3) is 0 Å². The van der Waals surface area contributed by atoms with Crippen LogP contribution in [0, 0.1) is 6.92 Å². The number of nitrogens with zero attached hydrogens (tertiary/aromatic N) is 1. The molecule has 4 nitrogen and oxygen atoms in total. The third-order valence-corrected chi connectivity index (χ3v) is 6.09. The predicted octanol–water partition coefficient (Wildman–Crippen LogP) is 2.15. The Morgan fingerprint density at radius 1 is 1.30 bits per heavy atom. The van der Waals surface area contributed by atoms with Crippen LogP contribution in [0.25, 0.3) is 0 Å². The molecule has 5 heteroatoms. The van der Waals surface area contributed by atoms with Crippen molar-refractivity contribution in [3.05, 3.63) is 29.8 Å². The van der Waals surface area contributed by atoms with Crippen molar-refractivity contribution in [3.63, 3.8) is 0 Å². The quantitative estimate of drug-likeness (QED) is 0.906. The predicted molar refractivity (Wildman–Crippen MR) is 81.3 cm³/mol. The first kappa shape index (κ1) is 15.5. The molecule has 1 aliphatic heterocycles. The van der Waals surface area contributed by atoms with Crippen LogP contribution in [-0.2, 0) is 10.0 Å². The van der Waals surface area contributed by atoms with E-state index in [2.05, 4.69) is 5.32 Å². The summed E-state index contributed by atoms with van der Waals surface area (Å²) < 4.78 is 27.5. The monoisotopic (exact) mass is 296 g/mol. The van der Waals surface area contributed by atoms with Gasteiger partial charge in [0.2, 0.25) is 10.0 Å². The van der Waals surface area contributed by atoms with Crippen LogP contribution in [0.4, 0.5) is 0 Å².